The van der Waals surface area contributed by atoms with Gasteiger partial charge in [-0.2, -0.15) is 0 Å². The van der Waals surface area contributed by atoms with Crippen molar-refractivity contribution < 1.29 is 23.8 Å². The molecule has 5 rings (SSSR count). The predicted molar refractivity (Wildman–Crippen MR) is 158 cm³/mol. The van der Waals surface area contributed by atoms with Crippen LogP contribution in [-0.2, 0) is 0 Å². The van der Waals surface area contributed by atoms with Crippen LogP contribution >= 0.6 is 0 Å². The Morgan fingerprint density at radius 3 is 2.43 bits per heavy atom. The maximum absolute atomic E-state index is 14.0. The molecule has 1 aliphatic heterocycles. The molecule has 0 saturated carbocycles. The van der Waals surface area contributed by atoms with E-state index in [1.54, 1.807) is 31.2 Å². The third kappa shape index (κ3) is 5.75. The highest BCUT2D eigenvalue weighted by Gasteiger charge is 2.31. The summed E-state index contributed by atoms with van der Waals surface area (Å²) in [4.78, 5) is 48.0. The molecule has 218 valence electrons. The number of methoxy groups -OCH3 is 1. The lowest BCUT2D eigenvalue weighted by Crippen LogP contribution is -2.55. The van der Waals surface area contributed by atoms with Gasteiger partial charge in [0.05, 0.1) is 29.6 Å². The number of aromatic carboxylic acids is 1. The Labute approximate surface area is 241 Å². The minimum Gasteiger partial charge on any atom is -0.497 e. The molecule has 0 aliphatic carbocycles. The van der Waals surface area contributed by atoms with Gasteiger partial charge < -0.3 is 25.1 Å². The van der Waals surface area contributed by atoms with Crippen molar-refractivity contribution in [2.45, 2.75) is 13.0 Å². The SMILES string of the molecule is COc1cccc(N(C(=O)Nc2ccc(F)cc2)C(C)c2nc3cc(C(=O)O)ccc3c(=O)n2N2CCN(C)CC2)c1. The highest BCUT2D eigenvalue weighted by atomic mass is 19.1. The molecule has 1 unspecified atom stereocenters. The third-order valence-electron chi connectivity index (χ3n) is 7.29. The topological polar surface area (TPSA) is 120 Å². The first-order chi connectivity index (χ1) is 20.2. The van der Waals surface area contributed by atoms with Gasteiger partial charge in [-0.15, -0.1) is 0 Å². The lowest BCUT2D eigenvalue weighted by Gasteiger charge is -2.38. The Hall–Kier alpha value is -4.97. The van der Waals surface area contributed by atoms with E-state index in [4.69, 9.17) is 9.72 Å². The van der Waals surface area contributed by atoms with Gasteiger partial charge in [0.2, 0.25) is 0 Å². The Balaban J connectivity index is 1.68. The smallest absolute Gasteiger partial charge is 0.335 e. The first-order valence-electron chi connectivity index (χ1n) is 13.4. The number of carbonyl (C=O) groups is 2. The van der Waals surface area contributed by atoms with E-state index in [2.05, 4.69) is 10.2 Å². The molecule has 0 spiro atoms. The average Bonchev–Trinajstić information content (AvgIpc) is 2.98. The number of benzene rings is 3. The van der Waals surface area contributed by atoms with Gasteiger partial charge in [-0.1, -0.05) is 6.07 Å². The van der Waals surface area contributed by atoms with E-state index in [0.717, 1.165) is 0 Å². The Kier molecular flexibility index (Phi) is 8.07. The average molecular weight is 575 g/mol. The number of carboxylic acids is 1. The molecule has 1 aliphatic rings. The Morgan fingerprint density at radius 1 is 1.05 bits per heavy atom. The van der Waals surface area contributed by atoms with E-state index in [9.17, 15) is 23.9 Å². The quantitative estimate of drug-likeness (QED) is 0.341. The molecule has 2 heterocycles. The zero-order valence-electron chi connectivity index (χ0n) is 23.5. The maximum Gasteiger partial charge on any atom is 0.335 e. The molecule has 1 saturated heterocycles. The summed E-state index contributed by atoms with van der Waals surface area (Å²) in [6, 6.07) is 15.1. The van der Waals surface area contributed by atoms with E-state index < -0.39 is 23.9 Å². The number of nitrogens with one attached hydrogen (secondary N) is 1. The third-order valence-corrected chi connectivity index (χ3v) is 7.29. The molecule has 1 aromatic heterocycles. The summed E-state index contributed by atoms with van der Waals surface area (Å²) in [5, 5.41) is 14.5. The second-order valence-electron chi connectivity index (χ2n) is 10.1. The standard InChI is InChI=1S/C30H31FN6O5/c1-19(36(23-5-4-6-24(18-23)42-3)30(41)32-22-10-8-21(31)9-11-22)27-33-26-17-20(29(39)40)7-12-25(26)28(38)37(27)35-15-13-34(2)14-16-35/h4-12,17-19H,13-16H2,1-3H3,(H,32,41)(H,39,40). The van der Waals surface area contributed by atoms with Crippen LogP contribution in [0.5, 0.6) is 5.75 Å². The molecule has 0 bridgehead atoms. The fourth-order valence-electron chi connectivity index (χ4n) is 4.98. The first kappa shape index (κ1) is 28.6. The van der Waals surface area contributed by atoms with Crippen LogP contribution in [0.2, 0.25) is 0 Å². The first-order valence-corrected chi connectivity index (χ1v) is 13.4. The fourth-order valence-corrected chi connectivity index (χ4v) is 4.98. The maximum atomic E-state index is 14.0. The molecule has 1 atom stereocenters. The summed E-state index contributed by atoms with van der Waals surface area (Å²) in [7, 11) is 3.52. The minimum absolute atomic E-state index is 0.0101. The van der Waals surface area contributed by atoms with E-state index in [-0.39, 0.29) is 27.9 Å². The molecule has 2 amide bonds. The number of piperazine rings is 1. The van der Waals surface area contributed by atoms with Gasteiger partial charge in [-0.25, -0.2) is 23.6 Å². The molecule has 42 heavy (non-hydrogen) atoms. The number of nitrogens with zero attached hydrogens (tertiary/aromatic N) is 5. The van der Waals surface area contributed by atoms with Gasteiger partial charge in [0.25, 0.3) is 5.56 Å². The molecule has 12 heteroatoms. The molecular formula is C30H31FN6O5. The number of amides is 2. The Morgan fingerprint density at radius 2 is 1.76 bits per heavy atom. The summed E-state index contributed by atoms with van der Waals surface area (Å²) < 4.78 is 20.5. The monoisotopic (exact) mass is 574 g/mol. The van der Waals surface area contributed by atoms with E-state index in [1.807, 2.05) is 12.1 Å². The molecule has 2 N–H and O–H groups in total. The summed E-state index contributed by atoms with van der Waals surface area (Å²) in [6.07, 6.45) is 0. The van der Waals surface area contributed by atoms with Crippen molar-refractivity contribution in [1.29, 1.82) is 0 Å². The van der Waals surface area contributed by atoms with Crippen molar-refractivity contribution >= 4 is 34.3 Å². The van der Waals surface area contributed by atoms with Gasteiger partial charge in [-0.3, -0.25) is 9.69 Å². The number of likely N-dealkylation sites (N-methyl/N-ethyl adjacent to an activating group) is 1. The number of aromatic nitrogens is 2. The van der Waals surface area contributed by atoms with Gasteiger partial charge in [-0.05, 0) is 68.6 Å². The molecule has 4 aromatic rings. The number of rotatable bonds is 7. The zero-order valence-corrected chi connectivity index (χ0v) is 23.5. The zero-order chi connectivity index (χ0) is 30.0. The summed E-state index contributed by atoms with van der Waals surface area (Å²) in [5.74, 6) is -0.832. The van der Waals surface area contributed by atoms with Gasteiger partial charge in [0.15, 0.2) is 5.82 Å². The van der Waals surface area contributed by atoms with Crippen LogP contribution in [0.1, 0.15) is 29.1 Å². The van der Waals surface area contributed by atoms with Crippen LogP contribution in [0.25, 0.3) is 10.9 Å². The van der Waals surface area contributed by atoms with Crippen molar-refractivity contribution in [1.82, 2.24) is 14.6 Å². The highest BCUT2D eigenvalue weighted by molar-refractivity contribution is 6.02. The van der Waals surface area contributed by atoms with Crippen molar-refractivity contribution in [3.05, 3.63) is 94.3 Å². The number of fused-ring (bicyclic) bond motifs is 1. The lowest BCUT2D eigenvalue weighted by molar-refractivity contribution is 0.0697. The van der Waals surface area contributed by atoms with Crippen molar-refractivity contribution in [2.24, 2.45) is 0 Å². The molecule has 0 radical (unpaired) electrons. The van der Waals surface area contributed by atoms with Gasteiger partial charge in [0, 0.05) is 43.6 Å². The fraction of sp³-hybridized carbons (Fsp3) is 0.267. The lowest BCUT2D eigenvalue weighted by atomic mass is 10.1. The van der Waals surface area contributed by atoms with E-state index in [0.29, 0.717) is 43.3 Å². The number of anilines is 2. The highest BCUT2D eigenvalue weighted by Crippen LogP contribution is 2.30. The molecular weight excluding hydrogens is 543 g/mol. The summed E-state index contributed by atoms with van der Waals surface area (Å²) in [6.45, 7) is 4.24. The van der Waals surface area contributed by atoms with Crippen molar-refractivity contribution in [3.63, 3.8) is 0 Å². The summed E-state index contributed by atoms with van der Waals surface area (Å²) >= 11 is 0. The van der Waals surface area contributed by atoms with Crippen LogP contribution in [0, 0.1) is 5.82 Å². The van der Waals surface area contributed by atoms with Gasteiger partial charge in [0.1, 0.15) is 11.6 Å². The van der Waals surface area contributed by atoms with Crippen molar-refractivity contribution in [2.75, 3.05) is 55.6 Å². The number of carboxylic acid groups (broad SMARTS) is 1. The largest absolute Gasteiger partial charge is 0.497 e. The Bertz CT molecular complexity index is 1680. The van der Waals surface area contributed by atoms with Crippen LogP contribution < -0.4 is 25.5 Å². The van der Waals surface area contributed by atoms with Crippen LogP contribution in [0.4, 0.5) is 20.6 Å². The predicted octanol–water partition coefficient (Wildman–Crippen LogP) is 3.93. The number of hydrogen-bond acceptors (Lipinski definition) is 7. The molecule has 3 aromatic carbocycles. The molecule has 11 nitrogen and oxygen atoms in total. The number of urea groups is 1. The molecule has 1 fully saturated rings. The van der Waals surface area contributed by atoms with Gasteiger partial charge >= 0.3 is 12.0 Å². The van der Waals surface area contributed by atoms with Crippen LogP contribution in [-0.4, -0.2) is 72.0 Å². The second kappa shape index (κ2) is 11.9. The normalized spacial score (nSPS) is 14.4. The minimum atomic E-state index is -1.15. The van der Waals surface area contributed by atoms with Crippen LogP contribution in [0.3, 0.4) is 0 Å². The van der Waals surface area contributed by atoms with Crippen LogP contribution in [0.15, 0.2) is 71.5 Å². The number of halogens is 1. The number of hydrogen-bond donors (Lipinski definition) is 2. The van der Waals surface area contributed by atoms with E-state index in [1.165, 1.54) is 59.2 Å². The summed E-state index contributed by atoms with van der Waals surface area (Å²) in [5.41, 5.74) is 0.657. The van der Waals surface area contributed by atoms with Crippen molar-refractivity contribution in [3.8, 4) is 5.75 Å². The number of carbonyl (C=O) groups excluding carboxylic acids is 1. The number of ether oxygens (including phenoxy) is 1. The second-order valence-corrected chi connectivity index (χ2v) is 10.1. The van der Waals surface area contributed by atoms with E-state index >= 15 is 0 Å².